The highest BCUT2D eigenvalue weighted by atomic mass is 35.5. The number of hydrogen-bond acceptors (Lipinski definition) is 4. The number of carbonyl (C=O) groups is 1. The maximum atomic E-state index is 11.7. The minimum absolute atomic E-state index is 0.231. The summed E-state index contributed by atoms with van der Waals surface area (Å²) >= 11 is 11.8. The van der Waals surface area contributed by atoms with Crippen LogP contribution in [0.4, 0.5) is 11.5 Å². The van der Waals surface area contributed by atoms with Gasteiger partial charge in [0.15, 0.2) is 0 Å². The van der Waals surface area contributed by atoms with Gasteiger partial charge >= 0.3 is 0 Å². The minimum Gasteiger partial charge on any atom is -0.351 e. The van der Waals surface area contributed by atoms with Crippen LogP contribution in [0, 0.1) is 0 Å². The van der Waals surface area contributed by atoms with Crippen molar-refractivity contribution >= 4 is 40.6 Å². The van der Waals surface area contributed by atoms with Crippen LogP contribution in [0.25, 0.3) is 0 Å². The normalized spacial score (nSPS) is 10.2. The van der Waals surface area contributed by atoms with Crippen LogP contribution in [0.2, 0.25) is 10.0 Å². The predicted octanol–water partition coefficient (Wildman–Crippen LogP) is 3.67. The maximum absolute atomic E-state index is 11.7. The molecule has 110 valence electrons. The second-order valence-electron chi connectivity index (χ2n) is 4.30. The van der Waals surface area contributed by atoms with E-state index >= 15 is 0 Å². The van der Waals surface area contributed by atoms with Crippen molar-refractivity contribution in [1.29, 1.82) is 0 Å². The molecule has 5 nitrogen and oxygen atoms in total. The lowest BCUT2D eigenvalue weighted by Crippen LogP contribution is -2.25. The fourth-order valence-corrected chi connectivity index (χ4v) is 1.86. The van der Waals surface area contributed by atoms with Gasteiger partial charge in [-0.15, -0.1) is 0 Å². The molecule has 1 aromatic heterocycles. The van der Waals surface area contributed by atoms with Gasteiger partial charge < -0.3 is 10.6 Å². The van der Waals surface area contributed by atoms with E-state index in [4.69, 9.17) is 23.2 Å². The zero-order valence-corrected chi connectivity index (χ0v) is 12.9. The Hall–Kier alpha value is -1.85. The summed E-state index contributed by atoms with van der Waals surface area (Å²) in [6.45, 7) is 2.60. The van der Waals surface area contributed by atoms with Crippen molar-refractivity contribution in [2.45, 2.75) is 13.3 Å². The summed E-state index contributed by atoms with van der Waals surface area (Å²) in [7, 11) is 0. The molecule has 7 heteroatoms. The lowest BCUT2D eigenvalue weighted by molar-refractivity contribution is 0.0948. The molecular weight excluding hydrogens is 311 g/mol. The Bertz CT molecular complexity index is 631. The van der Waals surface area contributed by atoms with Crippen molar-refractivity contribution < 1.29 is 4.79 Å². The molecule has 21 heavy (non-hydrogen) atoms. The van der Waals surface area contributed by atoms with Gasteiger partial charge in [0.25, 0.3) is 5.91 Å². The first-order valence-electron chi connectivity index (χ1n) is 6.42. The van der Waals surface area contributed by atoms with Crippen LogP contribution >= 0.6 is 23.2 Å². The number of hydrogen-bond donors (Lipinski definition) is 2. The van der Waals surface area contributed by atoms with Crippen molar-refractivity contribution in [1.82, 2.24) is 15.3 Å². The summed E-state index contributed by atoms with van der Waals surface area (Å²) in [5, 5.41) is 6.70. The van der Waals surface area contributed by atoms with Gasteiger partial charge in [0.05, 0.1) is 22.4 Å². The molecule has 2 N–H and O–H groups in total. The van der Waals surface area contributed by atoms with Gasteiger partial charge in [0.1, 0.15) is 11.5 Å². The molecule has 2 aromatic rings. The summed E-state index contributed by atoms with van der Waals surface area (Å²) < 4.78 is 0. The average Bonchev–Trinajstić information content (AvgIpc) is 2.49. The lowest BCUT2D eigenvalue weighted by Gasteiger charge is -2.07. The van der Waals surface area contributed by atoms with Gasteiger partial charge in [-0.2, -0.15) is 0 Å². The van der Waals surface area contributed by atoms with Gasteiger partial charge in [0.2, 0.25) is 0 Å². The van der Waals surface area contributed by atoms with Crippen molar-refractivity contribution in [2.75, 3.05) is 11.9 Å². The topological polar surface area (TPSA) is 66.9 Å². The van der Waals surface area contributed by atoms with E-state index in [-0.39, 0.29) is 11.6 Å². The monoisotopic (exact) mass is 324 g/mol. The standard InChI is InChI=1S/C14H14Cl2N4O/c1-2-5-17-14(21)12-7-19-13(8-18-12)20-9-3-4-10(15)11(16)6-9/h3-4,6-8H,2,5H2,1H3,(H,17,21)(H,19,20). The van der Waals surface area contributed by atoms with E-state index in [9.17, 15) is 4.79 Å². The van der Waals surface area contributed by atoms with Crippen LogP contribution < -0.4 is 10.6 Å². The van der Waals surface area contributed by atoms with E-state index in [2.05, 4.69) is 20.6 Å². The molecule has 0 aliphatic carbocycles. The van der Waals surface area contributed by atoms with Crippen molar-refractivity contribution in [3.8, 4) is 0 Å². The van der Waals surface area contributed by atoms with Gasteiger partial charge in [-0.05, 0) is 24.6 Å². The van der Waals surface area contributed by atoms with E-state index in [1.54, 1.807) is 18.2 Å². The first-order valence-corrected chi connectivity index (χ1v) is 7.18. The Kier molecular flexibility index (Phi) is 5.36. The zero-order chi connectivity index (χ0) is 15.2. The smallest absolute Gasteiger partial charge is 0.271 e. The molecule has 0 radical (unpaired) electrons. The molecule has 0 aliphatic heterocycles. The quantitative estimate of drug-likeness (QED) is 0.880. The molecule has 0 saturated heterocycles. The molecule has 0 aliphatic rings. The second-order valence-corrected chi connectivity index (χ2v) is 5.11. The summed E-state index contributed by atoms with van der Waals surface area (Å²) in [6.07, 6.45) is 3.78. The van der Waals surface area contributed by atoms with E-state index in [0.717, 1.165) is 12.1 Å². The molecule has 2 rings (SSSR count). The van der Waals surface area contributed by atoms with Gasteiger partial charge in [-0.1, -0.05) is 30.1 Å². The number of aromatic nitrogens is 2. The Labute approximate surface area is 132 Å². The number of carbonyl (C=O) groups excluding carboxylic acids is 1. The summed E-state index contributed by atoms with van der Waals surface area (Å²) in [4.78, 5) is 19.9. The lowest BCUT2D eigenvalue weighted by atomic mass is 10.3. The fourth-order valence-electron chi connectivity index (χ4n) is 1.56. The highest BCUT2D eigenvalue weighted by molar-refractivity contribution is 6.42. The summed E-state index contributed by atoms with van der Waals surface area (Å²) in [5.41, 5.74) is 1.02. The van der Waals surface area contributed by atoms with Gasteiger partial charge in [-0.25, -0.2) is 9.97 Å². The third-order valence-corrected chi connectivity index (χ3v) is 3.35. The van der Waals surface area contributed by atoms with E-state index in [0.29, 0.717) is 22.4 Å². The first-order chi connectivity index (χ1) is 10.1. The average molecular weight is 325 g/mol. The van der Waals surface area contributed by atoms with Crippen molar-refractivity contribution in [3.05, 3.63) is 46.3 Å². The number of anilines is 2. The SMILES string of the molecule is CCCNC(=O)c1cnc(Nc2ccc(Cl)c(Cl)c2)cn1. The predicted molar refractivity (Wildman–Crippen MR) is 84.4 cm³/mol. The molecule has 0 atom stereocenters. The fraction of sp³-hybridized carbons (Fsp3) is 0.214. The molecule has 0 bridgehead atoms. The zero-order valence-electron chi connectivity index (χ0n) is 11.4. The minimum atomic E-state index is -0.231. The van der Waals surface area contributed by atoms with Crippen LogP contribution in [-0.4, -0.2) is 22.4 Å². The summed E-state index contributed by atoms with van der Waals surface area (Å²) in [6, 6.07) is 5.15. The number of amides is 1. The van der Waals surface area contributed by atoms with Crippen molar-refractivity contribution in [3.63, 3.8) is 0 Å². The maximum Gasteiger partial charge on any atom is 0.271 e. The highest BCUT2D eigenvalue weighted by Gasteiger charge is 2.07. The van der Waals surface area contributed by atoms with Crippen LogP contribution in [-0.2, 0) is 0 Å². The number of rotatable bonds is 5. The van der Waals surface area contributed by atoms with Crippen LogP contribution in [0.1, 0.15) is 23.8 Å². The molecule has 0 saturated carbocycles. The first kappa shape index (κ1) is 15.5. The van der Waals surface area contributed by atoms with Gasteiger partial charge in [-0.3, -0.25) is 4.79 Å². The van der Waals surface area contributed by atoms with E-state index < -0.39 is 0 Å². The molecule has 0 spiro atoms. The van der Waals surface area contributed by atoms with Crippen LogP contribution in [0.3, 0.4) is 0 Å². The third kappa shape index (κ3) is 4.31. The van der Waals surface area contributed by atoms with Crippen molar-refractivity contribution in [2.24, 2.45) is 0 Å². The Morgan fingerprint density at radius 1 is 1.19 bits per heavy atom. The summed E-state index contributed by atoms with van der Waals surface area (Å²) in [5.74, 6) is 0.283. The molecule has 1 aromatic carbocycles. The highest BCUT2D eigenvalue weighted by Crippen LogP contribution is 2.26. The molecule has 0 fully saturated rings. The Balaban J connectivity index is 2.05. The molecule has 1 heterocycles. The number of benzene rings is 1. The number of nitrogens with zero attached hydrogens (tertiary/aromatic N) is 2. The number of nitrogens with one attached hydrogen (secondary N) is 2. The second kappa shape index (κ2) is 7.24. The van der Waals surface area contributed by atoms with Crippen LogP contribution in [0.15, 0.2) is 30.6 Å². The molecule has 1 amide bonds. The molecular formula is C14H14Cl2N4O. The Morgan fingerprint density at radius 2 is 2.00 bits per heavy atom. The third-order valence-electron chi connectivity index (χ3n) is 2.61. The Morgan fingerprint density at radius 3 is 2.62 bits per heavy atom. The van der Waals surface area contributed by atoms with Crippen LogP contribution in [0.5, 0.6) is 0 Å². The largest absolute Gasteiger partial charge is 0.351 e. The molecule has 0 unspecified atom stereocenters. The van der Waals surface area contributed by atoms with Gasteiger partial charge in [0, 0.05) is 12.2 Å². The number of halogens is 2. The van der Waals surface area contributed by atoms with E-state index in [1.165, 1.54) is 12.4 Å². The van der Waals surface area contributed by atoms with E-state index in [1.807, 2.05) is 6.92 Å².